The number of amides is 1. The van der Waals surface area contributed by atoms with Crippen LogP contribution in [0.1, 0.15) is 29.3 Å². The first-order valence-electron chi connectivity index (χ1n) is 5.36. The third kappa shape index (κ3) is 3.96. The van der Waals surface area contributed by atoms with Gasteiger partial charge in [-0.25, -0.2) is 0 Å². The van der Waals surface area contributed by atoms with Crippen LogP contribution in [0.4, 0.5) is 13.2 Å². The zero-order chi connectivity index (χ0) is 14.6. The summed E-state index contributed by atoms with van der Waals surface area (Å²) < 4.78 is 37.9. The summed E-state index contributed by atoms with van der Waals surface area (Å²) in [6.07, 6.45) is -4.17. The zero-order valence-corrected chi connectivity index (χ0v) is 11.5. The Morgan fingerprint density at radius 1 is 1.53 bits per heavy atom. The maximum atomic E-state index is 12.7. The molecule has 1 N–H and O–H groups in total. The van der Waals surface area contributed by atoms with E-state index in [1.807, 2.05) is 6.07 Å². The molecule has 3 nitrogen and oxygen atoms in total. The summed E-state index contributed by atoms with van der Waals surface area (Å²) in [6, 6.07) is 4.30. The van der Waals surface area contributed by atoms with E-state index < -0.39 is 23.7 Å². The van der Waals surface area contributed by atoms with E-state index in [-0.39, 0.29) is 10.0 Å². The molecule has 0 radical (unpaired) electrons. The topological polar surface area (TPSA) is 52.9 Å². The predicted molar refractivity (Wildman–Crippen MR) is 66.3 cm³/mol. The molecule has 1 amide bonds. The SMILES string of the molecule is CCC(C#N)NC(=O)c1ccc(Br)c(C(F)(F)F)c1. The van der Waals surface area contributed by atoms with Crippen LogP contribution in [0.5, 0.6) is 0 Å². The first-order chi connectivity index (χ1) is 8.79. The van der Waals surface area contributed by atoms with Crippen molar-refractivity contribution in [2.24, 2.45) is 0 Å². The lowest BCUT2D eigenvalue weighted by Gasteiger charge is -2.12. The average molecular weight is 335 g/mol. The molecular weight excluding hydrogens is 325 g/mol. The molecular formula is C12H10BrF3N2O. The molecule has 0 fully saturated rings. The van der Waals surface area contributed by atoms with Gasteiger partial charge >= 0.3 is 6.18 Å². The molecule has 1 rings (SSSR count). The summed E-state index contributed by atoms with van der Waals surface area (Å²) in [5.41, 5.74) is -1.06. The van der Waals surface area contributed by atoms with E-state index in [1.165, 1.54) is 6.07 Å². The third-order valence-corrected chi connectivity index (χ3v) is 3.09. The standard InChI is InChI=1S/C12H10BrF3N2O/c1-2-8(6-17)18-11(19)7-3-4-10(13)9(5-7)12(14,15)16/h3-5,8H,2H2,1H3,(H,18,19). The predicted octanol–water partition coefficient (Wildman–Crippen LogP) is 3.50. The van der Waals surface area contributed by atoms with Gasteiger partial charge in [-0.1, -0.05) is 22.9 Å². The summed E-state index contributed by atoms with van der Waals surface area (Å²) in [4.78, 5) is 11.7. The molecule has 0 bridgehead atoms. The van der Waals surface area contributed by atoms with E-state index in [1.54, 1.807) is 6.92 Å². The number of hydrogen-bond donors (Lipinski definition) is 1. The van der Waals surface area contributed by atoms with Crippen molar-refractivity contribution in [2.45, 2.75) is 25.6 Å². The van der Waals surface area contributed by atoms with Gasteiger partial charge in [0.15, 0.2) is 0 Å². The number of carbonyl (C=O) groups is 1. The van der Waals surface area contributed by atoms with Crippen LogP contribution >= 0.6 is 15.9 Å². The van der Waals surface area contributed by atoms with Crippen molar-refractivity contribution >= 4 is 21.8 Å². The third-order valence-electron chi connectivity index (χ3n) is 2.40. The van der Waals surface area contributed by atoms with Crippen LogP contribution in [-0.2, 0) is 6.18 Å². The fourth-order valence-corrected chi connectivity index (χ4v) is 1.82. The minimum absolute atomic E-state index is 0.135. The second-order valence-corrected chi connectivity index (χ2v) is 4.61. The number of hydrogen-bond acceptors (Lipinski definition) is 2. The van der Waals surface area contributed by atoms with E-state index >= 15 is 0 Å². The van der Waals surface area contributed by atoms with Gasteiger partial charge in [-0.3, -0.25) is 4.79 Å². The summed E-state index contributed by atoms with van der Waals surface area (Å²) in [5, 5.41) is 11.0. The van der Waals surface area contributed by atoms with Crippen molar-refractivity contribution < 1.29 is 18.0 Å². The highest BCUT2D eigenvalue weighted by molar-refractivity contribution is 9.10. The quantitative estimate of drug-likeness (QED) is 0.919. The average Bonchev–Trinajstić information content (AvgIpc) is 2.34. The molecule has 0 aliphatic rings. The number of nitriles is 1. The van der Waals surface area contributed by atoms with Crippen molar-refractivity contribution in [1.82, 2.24) is 5.32 Å². The molecule has 0 saturated heterocycles. The van der Waals surface area contributed by atoms with Crippen LogP contribution in [0, 0.1) is 11.3 Å². The molecule has 1 aromatic carbocycles. The van der Waals surface area contributed by atoms with Gasteiger partial charge in [0.1, 0.15) is 6.04 Å². The highest BCUT2D eigenvalue weighted by Crippen LogP contribution is 2.35. The number of benzene rings is 1. The van der Waals surface area contributed by atoms with Crippen LogP contribution in [0.15, 0.2) is 22.7 Å². The second kappa shape index (κ2) is 6.06. The Labute approximate surface area is 116 Å². The fraction of sp³-hybridized carbons (Fsp3) is 0.333. The van der Waals surface area contributed by atoms with Crippen LogP contribution in [0.2, 0.25) is 0 Å². The first kappa shape index (κ1) is 15.5. The van der Waals surface area contributed by atoms with E-state index in [0.29, 0.717) is 6.42 Å². The monoisotopic (exact) mass is 334 g/mol. The number of nitrogens with zero attached hydrogens (tertiary/aromatic N) is 1. The van der Waals surface area contributed by atoms with E-state index in [2.05, 4.69) is 21.2 Å². The van der Waals surface area contributed by atoms with Crippen molar-refractivity contribution in [3.63, 3.8) is 0 Å². The zero-order valence-electron chi connectivity index (χ0n) is 9.88. The first-order valence-corrected chi connectivity index (χ1v) is 6.16. The van der Waals surface area contributed by atoms with E-state index in [9.17, 15) is 18.0 Å². The van der Waals surface area contributed by atoms with Crippen molar-refractivity contribution in [3.05, 3.63) is 33.8 Å². The number of rotatable bonds is 3. The van der Waals surface area contributed by atoms with Crippen LogP contribution in [0.25, 0.3) is 0 Å². The summed E-state index contributed by atoms with van der Waals surface area (Å²) in [6.45, 7) is 1.69. The van der Waals surface area contributed by atoms with Crippen molar-refractivity contribution in [1.29, 1.82) is 5.26 Å². The number of nitrogens with one attached hydrogen (secondary N) is 1. The van der Waals surface area contributed by atoms with Gasteiger partial charge in [0.05, 0.1) is 11.6 Å². The highest BCUT2D eigenvalue weighted by atomic mass is 79.9. The maximum Gasteiger partial charge on any atom is 0.417 e. The molecule has 19 heavy (non-hydrogen) atoms. The molecule has 0 aliphatic carbocycles. The van der Waals surface area contributed by atoms with E-state index in [4.69, 9.17) is 5.26 Å². The van der Waals surface area contributed by atoms with Gasteiger partial charge < -0.3 is 5.32 Å². The lowest BCUT2D eigenvalue weighted by molar-refractivity contribution is -0.138. The molecule has 7 heteroatoms. The molecule has 0 spiro atoms. The number of alkyl halides is 3. The smallest absolute Gasteiger partial charge is 0.336 e. The lowest BCUT2D eigenvalue weighted by Crippen LogP contribution is -2.33. The summed E-state index contributed by atoms with van der Waals surface area (Å²) in [5.74, 6) is -0.702. The normalized spacial score (nSPS) is 12.6. The molecule has 1 aromatic rings. The Hall–Kier alpha value is -1.55. The Morgan fingerprint density at radius 2 is 2.16 bits per heavy atom. The molecule has 0 saturated carbocycles. The second-order valence-electron chi connectivity index (χ2n) is 3.76. The Balaban J connectivity index is 3.03. The summed E-state index contributed by atoms with van der Waals surface area (Å²) in [7, 11) is 0. The largest absolute Gasteiger partial charge is 0.417 e. The molecule has 1 unspecified atom stereocenters. The van der Waals surface area contributed by atoms with Crippen molar-refractivity contribution in [3.8, 4) is 6.07 Å². The number of halogens is 4. The minimum Gasteiger partial charge on any atom is -0.336 e. The molecule has 0 heterocycles. The number of carbonyl (C=O) groups excluding carboxylic acids is 1. The maximum absolute atomic E-state index is 12.7. The molecule has 0 aromatic heterocycles. The fourth-order valence-electron chi connectivity index (χ4n) is 1.35. The summed E-state index contributed by atoms with van der Waals surface area (Å²) >= 11 is 2.79. The lowest BCUT2D eigenvalue weighted by atomic mass is 10.1. The van der Waals surface area contributed by atoms with Gasteiger partial charge in [0, 0.05) is 10.0 Å². The minimum atomic E-state index is -4.55. The van der Waals surface area contributed by atoms with E-state index in [0.717, 1.165) is 12.1 Å². The van der Waals surface area contributed by atoms with Crippen LogP contribution < -0.4 is 5.32 Å². The Morgan fingerprint density at radius 3 is 2.63 bits per heavy atom. The molecule has 1 atom stereocenters. The van der Waals surface area contributed by atoms with Gasteiger partial charge in [-0.2, -0.15) is 18.4 Å². The molecule has 0 aliphatic heterocycles. The Kier molecular flexibility index (Phi) is 4.95. The van der Waals surface area contributed by atoms with Crippen LogP contribution in [0.3, 0.4) is 0 Å². The van der Waals surface area contributed by atoms with Gasteiger partial charge in [-0.05, 0) is 24.6 Å². The van der Waals surface area contributed by atoms with Gasteiger partial charge in [0.2, 0.25) is 0 Å². The highest BCUT2D eigenvalue weighted by Gasteiger charge is 2.33. The van der Waals surface area contributed by atoms with Gasteiger partial charge in [0.25, 0.3) is 5.91 Å². The van der Waals surface area contributed by atoms with Gasteiger partial charge in [-0.15, -0.1) is 0 Å². The van der Waals surface area contributed by atoms with Crippen molar-refractivity contribution in [2.75, 3.05) is 0 Å². The van der Waals surface area contributed by atoms with Crippen LogP contribution in [-0.4, -0.2) is 11.9 Å². The molecule has 102 valence electrons. The Bertz CT molecular complexity index is 523.